The number of carbonyl (C=O) groups excluding carboxylic acids is 3. The number of benzene rings is 3. The van der Waals surface area contributed by atoms with E-state index in [4.69, 9.17) is 34.8 Å². The molecule has 9 heteroatoms. The van der Waals surface area contributed by atoms with Crippen molar-refractivity contribution in [1.82, 2.24) is 14.7 Å². The Labute approximate surface area is 249 Å². The molecule has 0 aliphatic carbocycles. The molecule has 3 atom stereocenters. The molecule has 2 fully saturated rings. The van der Waals surface area contributed by atoms with Crippen LogP contribution in [0.15, 0.2) is 72.8 Å². The number of likely N-dealkylation sites (N-methyl/N-ethyl adjacent to an activating group) is 1. The molecule has 0 saturated carbocycles. The first-order chi connectivity index (χ1) is 19.2. The summed E-state index contributed by atoms with van der Waals surface area (Å²) in [5.41, 5.74) is 2.02. The molecule has 2 aliphatic heterocycles. The Bertz CT molecular complexity index is 1400. The Kier molecular flexibility index (Phi) is 8.69. The Morgan fingerprint density at radius 2 is 1.55 bits per heavy atom. The summed E-state index contributed by atoms with van der Waals surface area (Å²) < 4.78 is 0. The molecule has 208 valence electrons. The second-order valence-electron chi connectivity index (χ2n) is 10.4. The van der Waals surface area contributed by atoms with E-state index in [1.165, 1.54) is 0 Å². The maximum absolute atomic E-state index is 13.9. The van der Waals surface area contributed by atoms with Crippen molar-refractivity contribution in [3.05, 3.63) is 105 Å². The summed E-state index contributed by atoms with van der Waals surface area (Å²) in [5.74, 6) is -0.507. The van der Waals surface area contributed by atoms with E-state index in [2.05, 4.69) is 0 Å². The molecule has 2 saturated heterocycles. The first-order valence-electron chi connectivity index (χ1n) is 13.4. The second kappa shape index (κ2) is 12.2. The van der Waals surface area contributed by atoms with Crippen molar-refractivity contribution in [1.29, 1.82) is 0 Å². The standard InChI is InChI=1S/C31H30Cl3N3O3/c1-35(29(38)21-9-12-23(32)13-10-21)27-15-17-36(19-24(27)22-11-14-25(33)26(34)18-22)31(40)28-8-5-16-37(28)30(39)20-6-3-2-4-7-20/h2-4,6-7,9-14,18,24,27-28H,5,8,15-17,19H2,1H3/t24-,27+,28-/m0/s1. The fraction of sp³-hybridized carbons (Fsp3) is 0.323. The van der Waals surface area contributed by atoms with Crippen LogP contribution in [0, 0.1) is 0 Å². The quantitative estimate of drug-likeness (QED) is 0.341. The van der Waals surface area contributed by atoms with Gasteiger partial charge >= 0.3 is 0 Å². The van der Waals surface area contributed by atoms with Crippen molar-refractivity contribution in [3.8, 4) is 0 Å². The number of likely N-dealkylation sites (tertiary alicyclic amines) is 2. The van der Waals surface area contributed by atoms with Gasteiger partial charge in [0.15, 0.2) is 0 Å². The Morgan fingerprint density at radius 3 is 2.25 bits per heavy atom. The lowest BCUT2D eigenvalue weighted by Gasteiger charge is -2.44. The number of nitrogens with zero attached hydrogens (tertiary/aromatic N) is 3. The molecule has 6 nitrogen and oxygen atoms in total. The van der Waals surface area contributed by atoms with Crippen LogP contribution in [0.5, 0.6) is 0 Å². The largest absolute Gasteiger partial charge is 0.340 e. The smallest absolute Gasteiger partial charge is 0.254 e. The molecule has 3 aromatic rings. The molecule has 5 rings (SSSR count). The summed E-state index contributed by atoms with van der Waals surface area (Å²) >= 11 is 18.6. The number of hydrogen-bond acceptors (Lipinski definition) is 3. The van der Waals surface area contributed by atoms with Crippen molar-refractivity contribution >= 4 is 52.5 Å². The van der Waals surface area contributed by atoms with Gasteiger partial charge < -0.3 is 14.7 Å². The summed E-state index contributed by atoms with van der Waals surface area (Å²) in [5, 5.41) is 1.42. The Hall–Kier alpha value is -3.06. The molecular formula is C31H30Cl3N3O3. The molecule has 0 N–H and O–H groups in total. The summed E-state index contributed by atoms with van der Waals surface area (Å²) in [6, 6.07) is 20.7. The zero-order valence-electron chi connectivity index (χ0n) is 22.1. The third kappa shape index (κ3) is 5.85. The monoisotopic (exact) mass is 597 g/mol. The molecule has 2 heterocycles. The summed E-state index contributed by atoms with van der Waals surface area (Å²) in [7, 11) is 1.79. The molecule has 0 unspecified atom stereocenters. The highest BCUT2D eigenvalue weighted by Gasteiger charge is 2.42. The van der Waals surface area contributed by atoms with Gasteiger partial charge in [0, 0.05) is 54.8 Å². The lowest BCUT2D eigenvalue weighted by molar-refractivity contribution is -0.137. The van der Waals surface area contributed by atoms with Gasteiger partial charge in [0.2, 0.25) is 5.91 Å². The highest BCUT2D eigenvalue weighted by Crippen LogP contribution is 2.35. The minimum absolute atomic E-state index is 0.0584. The lowest BCUT2D eigenvalue weighted by atomic mass is 9.84. The highest BCUT2D eigenvalue weighted by molar-refractivity contribution is 6.42. The summed E-state index contributed by atoms with van der Waals surface area (Å²) in [6.07, 6.45) is 1.98. The number of carbonyl (C=O) groups is 3. The van der Waals surface area contributed by atoms with Crippen LogP contribution in [0.2, 0.25) is 15.1 Å². The van der Waals surface area contributed by atoms with Gasteiger partial charge in [0.05, 0.1) is 10.0 Å². The number of hydrogen-bond donors (Lipinski definition) is 0. The summed E-state index contributed by atoms with van der Waals surface area (Å²) in [6.45, 7) is 1.42. The van der Waals surface area contributed by atoms with E-state index in [9.17, 15) is 14.4 Å². The predicted molar refractivity (Wildman–Crippen MR) is 158 cm³/mol. The maximum Gasteiger partial charge on any atom is 0.254 e. The van der Waals surface area contributed by atoms with Crippen molar-refractivity contribution in [2.24, 2.45) is 0 Å². The van der Waals surface area contributed by atoms with Gasteiger partial charge in [-0.2, -0.15) is 0 Å². The van der Waals surface area contributed by atoms with E-state index in [0.29, 0.717) is 58.7 Å². The van der Waals surface area contributed by atoms with Crippen molar-refractivity contribution in [3.63, 3.8) is 0 Å². The van der Waals surface area contributed by atoms with E-state index in [1.807, 2.05) is 35.2 Å². The number of rotatable bonds is 5. The predicted octanol–water partition coefficient (Wildman–Crippen LogP) is 6.41. The van der Waals surface area contributed by atoms with Crippen molar-refractivity contribution < 1.29 is 14.4 Å². The van der Waals surface area contributed by atoms with E-state index in [0.717, 1.165) is 12.0 Å². The molecule has 0 aromatic heterocycles. The number of piperidine rings is 1. The van der Waals surface area contributed by atoms with E-state index >= 15 is 0 Å². The second-order valence-corrected chi connectivity index (χ2v) is 11.6. The maximum atomic E-state index is 13.9. The molecule has 3 amide bonds. The number of halogens is 3. The Morgan fingerprint density at radius 1 is 0.825 bits per heavy atom. The SMILES string of the molecule is CN(C(=O)c1ccc(Cl)cc1)[C@@H]1CCN(C(=O)[C@@H]2CCCN2C(=O)c2ccccc2)C[C@H]1c1ccc(Cl)c(Cl)c1. The molecule has 0 radical (unpaired) electrons. The van der Waals surface area contributed by atoms with Crippen molar-refractivity contribution in [2.45, 2.75) is 37.3 Å². The van der Waals surface area contributed by atoms with E-state index in [-0.39, 0.29) is 29.7 Å². The normalized spacial score (nSPS) is 20.9. The van der Waals surface area contributed by atoms with Crippen LogP contribution < -0.4 is 0 Å². The van der Waals surface area contributed by atoms with Crippen LogP contribution in [-0.2, 0) is 4.79 Å². The van der Waals surface area contributed by atoms with Crippen LogP contribution in [-0.4, -0.2) is 71.2 Å². The molecular weight excluding hydrogens is 569 g/mol. The van der Waals surface area contributed by atoms with Gasteiger partial charge in [-0.1, -0.05) is 59.1 Å². The molecule has 3 aromatic carbocycles. The first-order valence-corrected chi connectivity index (χ1v) is 14.5. The van der Waals surface area contributed by atoms with Crippen LogP contribution in [0.1, 0.15) is 51.5 Å². The van der Waals surface area contributed by atoms with Gasteiger partial charge in [-0.3, -0.25) is 14.4 Å². The van der Waals surface area contributed by atoms with Gasteiger partial charge in [-0.25, -0.2) is 0 Å². The topological polar surface area (TPSA) is 60.9 Å². The van der Waals surface area contributed by atoms with Gasteiger partial charge in [-0.15, -0.1) is 0 Å². The van der Waals surface area contributed by atoms with E-state index < -0.39 is 6.04 Å². The lowest BCUT2D eigenvalue weighted by Crippen LogP contribution is -2.55. The van der Waals surface area contributed by atoms with E-state index in [1.54, 1.807) is 59.3 Å². The van der Waals surface area contributed by atoms with Crippen molar-refractivity contribution in [2.75, 3.05) is 26.7 Å². The van der Waals surface area contributed by atoms with Crippen LogP contribution in [0.3, 0.4) is 0 Å². The first kappa shape index (κ1) is 28.5. The fourth-order valence-electron chi connectivity index (χ4n) is 5.84. The number of amides is 3. The minimum Gasteiger partial charge on any atom is -0.340 e. The molecule has 0 spiro atoms. The minimum atomic E-state index is -0.507. The van der Waals surface area contributed by atoms with Gasteiger partial charge in [-0.05, 0) is 73.4 Å². The van der Waals surface area contributed by atoms with Crippen LogP contribution in [0.25, 0.3) is 0 Å². The average Bonchev–Trinajstić information content (AvgIpc) is 3.47. The van der Waals surface area contributed by atoms with Crippen LogP contribution >= 0.6 is 34.8 Å². The zero-order chi connectivity index (χ0) is 28.4. The molecule has 2 aliphatic rings. The average molecular weight is 599 g/mol. The van der Waals surface area contributed by atoms with Gasteiger partial charge in [0.1, 0.15) is 6.04 Å². The van der Waals surface area contributed by atoms with Crippen LogP contribution in [0.4, 0.5) is 0 Å². The highest BCUT2D eigenvalue weighted by atomic mass is 35.5. The Balaban J connectivity index is 1.39. The molecule has 0 bridgehead atoms. The third-order valence-corrected chi connectivity index (χ3v) is 8.98. The summed E-state index contributed by atoms with van der Waals surface area (Å²) in [4.78, 5) is 45.9. The van der Waals surface area contributed by atoms with Gasteiger partial charge in [0.25, 0.3) is 11.8 Å². The fourth-order valence-corrected chi connectivity index (χ4v) is 6.28. The third-order valence-electron chi connectivity index (χ3n) is 7.99. The molecule has 40 heavy (non-hydrogen) atoms. The zero-order valence-corrected chi connectivity index (χ0v) is 24.4.